The number of nitrogens with one attached hydrogen (secondary N) is 1. The van der Waals surface area contributed by atoms with Crippen LogP contribution in [0.5, 0.6) is 0 Å². The van der Waals surface area contributed by atoms with E-state index in [1.807, 2.05) is 11.5 Å². The number of hydrogen-bond acceptors (Lipinski definition) is 4. The summed E-state index contributed by atoms with van der Waals surface area (Å²) >= 11 is 0. The van der Waals surface area contributed by atoms with Crippen LogP contribution < -0.4 is 10.5 Å². The minimum Gasteiger partial charge on any atom is -0.381 e. The predicted octanol–water partition coefficient (Wildman–Crippen LogP) is 0.282. The lowest BCUT2D eigenvalue weighted by Gasteiger charge is -2.09. The molecule has 0 radical (unpaired) electrons. The molecule has 6 nitrogen and oxygen atoms in total. The van der Waals surface area contributed by atoms with Gasteiger partial charge in [-0.2, -0.15) is 0 Å². The molecule has 7 heteroatoms. The largest absolute Gasteiger partial charge is 0.381 e. The van der Waals surface area contributed by atoms with Gasteiger partial charge in [0.25, 0.3) is 0 Å². The van der Waals surface area contributed by atoms with Gasteiger partial charge in [-0.05, 0) is 25.3 Å². The molecule has 0 bridgehead atoms. The lowest BCUT2D eigenvalue weighted by Crippen LogP contribution is -2.29. The molecule has 2 heterocycles. The number of nitrogens with two attached hydrogens (primary N) is 1. The Morgan fingerprint density at radius 1 is 1.58 bits per heavy atom. The van der Waals surface area contributed by atoms with Gasteiger partial charge in [-0.3, -0.25) is 0 Å². The van der Waals surface area contributed by atoms with Crippen LogP contribution in [0.25, 0.3) is 0 Å². The van der Waals surface area contributed by atoms with Crippen LogP contribution in [-0.4, -0.2) is 32.7 Å². The number of hydrogen-bond donors (Lipinski definition) is 2. The smallest absolute Gasteiger partial charge is 0.242 e. The Morgan fingerprint density at radius 3 is 2.89 bits per heavy atom. The molecule has 108 valence electrons. The van der Waals surface area contributed by atoms with Gasteiger partial charge < -0.3 is 15.0 Å². The van der Waals surface area contributed by atoms with Gasteiger partial charge in [-0.15, -0.1) is 0 Å². The van der Waals surface area contributed by atoms with Crippen LogP contribution in [0.3, 0.4) is 0 Å². The first-order valence-electron chi connectivity index (χ1n) is 6.53. The van der Waals surface area contributed by atoms with E-state index in [1.54, 1.807) is 12.3 Å². The molecular weight excluding hydrogens is 266 g/mol. The second kappa shape index (κ2) is 6.04. The molecule has 0 aliphatic carbocycles. The molecule has 0 spiro atoms. The zero-order chi connectivity index (χ0) is 13.9. The maximum atomic E-state index is 12.2. The second-order valence-electron chi connectivity index (χ2n) is 4.74. The summed E-state index contributed by atoms with van der Waals surface area (Å²) in [6, 6.07) is 1.64. The van der Waals surface area contributed by atoms with Gasteiger partial charge in [-0.1, -0.05) is 0 Å². The zero-order valence-corrected chi connectivity index (χ0v) is 11.9. The Labute approximate surface area is 114 Å². The van der Waals surface area contributed by atoms with E-state index in [4.69, 9.17) is 10.5 Å². The summed E-state index contributed by atoms with van der Waals surface area (Å²) in [5.74, 6) is 0.275. The van der Waals surface area contributed by atoms with Crippen molar-refractivity contribution in [3.63, 3.8) is 0 Å². The van der Waals surface area contributed by atoms with E-state index in [1.165, 1.54) is 0 Å². The molecule has 1 atom stereocenters. The van der Waals surface area contributed by atoms with Crippen molar-refractivity contribution in [1.82, 2.24) is 9.29 Å². The molecule has 1 saturated heterocycles. The SMILES string of the molecule is CCn1cc(S(=O)(=O)NCC2CCOC2)cc1CN. The van der Waals surface area contributed by atoms with E-state index in [0.29, 0.717) is 26.2 Å². The van der Waals surface area contributed by atoms with Gasteiger partial charge in [0.2, 0.25) is 10.0 Å². The Bertz CT molecular complexity index is 497. The van der Waals surface area contributed by atoms with Crippen LogP contribution >= 0.6 is 0 Å². The molecule has 1 unspecified atom stereocenters. The molecule has 1 aliphatic rings. The van der Waals surface area contributed by atoms with E-state index in [-0.39, 0.29) is 10.8 Å². The topological polar surface area (TPSA) is 86.3 Å². The van der Waals surface area contributed by atoms with Crippen molar-refractivity contribution in [3.05, 3.63) is 18.0 Å². The normalized spacial score (nSPS) is 20.0. The average molecular weight is 287 g/mol. The lowest BCUT2D eigenvalue weighted by atomic mass is 10.1. The van der Waals surface area contributed by atoms with Gasteiger partial charge in [0.05, 0.1) is 11.5 Å². The van der Waals surface area contributed by atoms with Crippen molar-refractivity contribution in [2.45, 2.75) is 31.3 Å². The third-order valence-corrected chi connectivity index (χ3v) is 4.80. The van der Waals surface area contributed by atoms with Crippen LogP contribution in [0.1, 0.15) is 19.0 Å². The minimum absolute atomic E-state index is 0.275. The lowest BCUT2D eigenvalue weighted by molar-refractivity contribution is 0.186. The van der Waals surface area contributed by atoms with Crippen molar-refractivity contribution in [2.75, 3.05) is 19.8 Å². The number of rotatable bonds is 6. The first-order valence-corrected chi connectivity index (χ1v) is 8.01. The summed E-state index contributed by atoms with van der Waals surface area (Å²) in [4.78, 5) is 0.286. The van der Waals surface area contributed by atoms with Crippen molar-refractivity contribution in [3.8, 4) is 0 Å². The van der Waals surface area contributed by atoms with Crippen molar-refractivity contribution < 1.29 is 13.2 Å². The fraction of sp³-hybridized carbons (Fsp3) is 0.667. The van der Waals surface area contributed by atoms with Gasteiger partial charge >= 0.3 is 0 Å². The number of aromatic nitrogens is 1. The number of nitrogens with zero attached hydrogens (tertiary/aromatic N) is 1. The Kier molecular flexibility index (Phi) is 4.62. The number of ether oxygens (including phenoxy) is 1. The summed E-state index contributed by atoms with van der Waals surface area (Å²) in [7, 11) is -3.45. The molecular formula is C12H21N3O3S. The molecule has 3 N–H and O–H groups in total. The van der Waals surface area contributed by atoms with E-state index >= 15 is 0 Å². The molecule has 1 fully saturated rings. The van der Waals surface area contributed by atoms with Crippen molar-refractivity contribution >= 4 is 10.0 Å². The fourth-order valence-electron chi connectivity index (χ4n) is 2.19. The summed E-state index contributed by atoms with van der Waals surface area (Å²) < 4.78 is 34.1. The van der Waals surface area contributed by atoms with E-state index in [0.717, 1.165) is 18.7 Å². The van der Waals surface area contributed by atoms with Crippen LogP contribution in [0.15, 0.2) is 17.2 Å². The van der Waals surface area contributed by atoms with Crippen LogP contribution in [0.2, 0.25) is 0 Å². The first-order chi connectivity index (χ1) is 9.06. The van der Waals surface area contributed by atoms with Crippen LogP contribution in [0.4, 0.5) is 0 Å². The average Bonchev–Trinajstić information content (AvgIpc) is 3.05. The molecule has 1 aliphatic heterocycles. The van der Waals surface area contributed by atoms with Crippen molar-refractivity contribution in [2.24, 2.45) is 11.7 Å². The summed E-state index contributed by atoms with van der Waals surface area (Å²) in [5.41, 5.74) is 6.43. The summed E-state index contributed by atoms with van der Waals surface area (Å²) in [5, 5.41) is 0. The highest BCUT2D eigenvalue weighted by Gasteiger charge is 2.21. The quantitative estimate of drug-likeness (QED) is 0.787. The number of sulfonamides is 1. The summed E-state index contributed by atoms with van der Waals surface area (Å²) in [6.07, 6.45) is 2.54. The monoisotopic (exact) mass is 287 g/mol. The highest BCUT2D eigenvalue weighted by molar-refractivity contribution is 7.89. The zero-order valence-electron chi connectivity index (χ0n) is 11.1. The first kappa shape index (κ1) is 14.5. The standard InChI is InChI=1S/C12H21N3O3S/c1-2-15-8-12(5-11(15)6-13)19(16,17)14-7-10-3-4-18-9-10/h5,8,10,14H,2-4,6-7,9,13H2,1H3. The highest BCUT2D eigenvalue weighted by Crippen LogP contribution is 2.16. The minimum atomic E-state index is -3.45. The third kappa shape index (κ3) is 3.36. The molecule has 0 amide bonds. The maximum Gasteiger partial charge on any atom is 0.242 e. The van der Waals surface area contributed by atoms with Crippen LogP contribution in [0, 0.1) is 5.92 Å². The number of aryl methyl sites for hydroxylation is 1. The Morgan fingerprint density at radius 2 is 2.37 bits per heavy atom. The molecule has 19 heavy (non-hydrogen) atoms. The maximum absolute atomic E-state index is 12.2. The fourth-order valence-corrected chi connectivity index (χ4v) is 3.37. The van der Waals surface area contributed by atoms with Crippen LogP contribution in [-0.2, 0) is 27.8 Å². The Hall–Kier alpha value is -0.890. The molecule has 0 aromatic carbocycles. The predicted molar refractivity (Wildman–Crippen MR) is 72.1 cm³/mol. The van der Waals surface area contributed by atoms with E-state index in [2.05, 4.69) is 4.72 Å². The van der Waals surface area contributed by atoms with Gasteiger partial charge in [0.15, 0.2) is 0 Å². The van der Waals surface area contributed by atoms with Gasteiger partial charge in [-0.25, -0.2) is 13.1 Å². The molecule has 2 rings (SSSR count). The van der Waals surface area contributed by atoms with Gasteiger partial charge in [0, 0.05) is 38.1 Å². The second-order valence-corrected chi connectivity index (χ2v) is 6.51. The summed E-state index contributed by atoms with van der Waals surface area (Å²) in [6.45, 7) is 4.78. The highest BCUT2D eigenvalue weighted by atomic mass is 32.2. The van der Waals surface area contributed by atoms with Crippen molar-refractivity contribution in [1.29, 1.82) is 0 Å². The Balaban J connectivity index is 2.07. The van der Waals surface area contributed by atoms with E-state index in [9.17, 15) is 8.42 Å². The molecule has 1 aromatic heterocycles. The third-order valence-electron chi connectivity index (χ3n) is 3.41. The van der Waals surface area contributed by atoms with Gasteiger partial charge in [0.1, 0.15) is 0 Å². The molecule has 1 aromatic rings. The van der Waals surface area contributed by atoms with E-state index < -0.39 is 10.0 Å². The molecule has 0 saturated carbocycles.